The van der Waals surface area contributed by atoms with Gasteiger partial charge in [0.15, 0.2) is 5.66 Å². The monoisotopic (exact) mass is 305 g/mol. The average molecular weight is 305 g/mol. The minimum Gasteiger partial charge on any atom is -0.493 e. The molecule has 7 heteroatoms. The van der Waals surface area contributed by atoms with Crippen molar-refractivity contribution in [1.82, 2.24) is 5.06 Å². The van der Waals surface area contributed by atoms with Gasteiger partial charge in [-0.05, 0) is 32.9 Å². The lowest BCUT2D eigenvalue weighted by molar-refractivity contribution is -0.192. The van der Waals surface area contributed by atoms with Crippen LogP contribution in [-0.2, 0) is 4.84 Å². The summed E-state index contributed by atoms with van der Waals surface area (Å²) in [6, 6.07) is 9.66. The Kier molecular flexibility index (Phi) is 4.87. The van der Waals surface area contributed by atoms with Gasteiger partial charge >= 0.3 is 0 Å². The van der Waals surface area contributed by atoms with Gasteiger partial charge in [-0.3, -0.25) is 4.84 Å². The summed E-state index contributed by atoms with van der Waals surface area (Å²) < 4.78 is 5.65. The maximum absolute atomic E-state index is 5.87. The standard InChI is InChI=1S/C15H23N5O2/c1-11(9-10-21-12-7-5-4-6-8-12)22-20-14(17)18-13(16)19-15(20,2)3/h4-8,11H,9-10H2,1-3H3,(H4,16,17,18,19)/t11-/m0/s1. The van der Waals surface area contributed by atoms with Crippen molar-refractivity contribution in [2.75, 3.05) is 6.61 Å². The van der Waals surface area contributed by atoms with Gasteiger partial charge in [0.25, 0.3) is 0 Å². The van der Waals surface area contributed by atoms with Gasteiger partial charge in [-0.15, -0.1) is 0 Å². The molecule has 0 aliphatic carbocycles. The third-order valence-electron chi connectivity index (χ3n) is 3.14. The molecule has 0 bridgehead atoms. The fourth-order valence-electron chi connectivity index (χ4n) is 2.07. The van der Waals surface area contributed by atoms with Crippen molar-refractivity contribution in [3.8, 4) is 5.75 Å². The maximum atomic E-state index is 5.87. The summed E-state index contributed by atoms with van der Waals surface area (Å²) in [4.78, 5) is 14.0. The molecule has 0 saturated heterocycles. The van der Waals surface area contributed by atoms with Crippen molar-refractivity contribution >= 4 is 11.9 Å². The van der Waals surface area contributed by atoms with E-state index in [1.54, 1.807) is 0 Å². The largest absolute Gasteiger partial charge is 0.493 e. The Morgan fingerprint density at radius 3 is 2.55 bits per heavy atom. The quantitative estimate of drug-likeness (QED) is 0.829. The van der Waals surface area contributed by atoms with E-state index in [1.165, 1.54) is 5.06 Å². The van der Waals surface area contributed by atoms with Gasteiger partial charge in [0.05, 0.1) is 12.7 Å². The molecule has 1 aliphatic heterocycles. The molecule has 0 saturated carbocycles. The molecule has 0 aromatic heterocycles. The smallest absolute Gasteiger partial charge is 0.226 e. The Labute approximate surface area is 130 Å². The van der Waals surface area contributed by atoms with Crippen LogP contribution in [0.2, 0.25) is 0 Å². The van der Waals surface area contributed by atoms with Crippen LogP contribution in [0.25, 0.3) is 0 Å². The van der Waals surface area contributed by atoms with Crippen LogP contribution in [0.3, 0.4) is 0 Å². The van der Waals surface area contributed by atoms with Crippen LogP contribution in [0.5, 0.6) is 5.75 Å². The van der Waals surface area contributed by atoms with Crippen molar-refractivity contribution < 1.29 is 9.57 Å². The number of nitrogens with zero attached hydrogens (tertiary/aromatic N) is 3. The molecule has 7 nitrogen and oxygen atoms in total. The van der Waals surface area contributed by atoms with Crippen LogP contribution >= 0.6 is 0 Å². The first kappa shape index (κ1) is 16.1. The lowest BCUT2D eigenvalue weighted by atomic mass is 10.2. The number of hydroxylamine groups is 2. The summed E-state index contributed by atoms with van der Waals surface area (Å²) in [6.45, 7) is 6.20. The zero-order chi connectivity index (χ0) is 16.2. The Morgan fingerprint density at radius 1 is 1.23 bits per heavy atom. The highest BCUT2D eigenvalue weighted by Gasteiger charge is 2.34. The zero-order valence-electron chi connectivity index (χ0n) is 13.2. The summed E-state index contributed by atoms with van der Waals surface area (Å²) in [7, 11) is 0. The molecular weight excluding hydrogens is 282 g/mol. The molecule has 0 spiro atoms. The van der Waals surface area contributed by atoms with E-state index in [0.717, 1.165) is 5.75 Å². The molecule has 0 radical (unpaired) electrons. The molecular formula is C15H23N5O2. The van der Waals surface area contributed by atoms with Crippen molar-refractivity contribution in [3.63, 3.8) is 0 Å². The molecule has 0 amide bonds. The average Bonchev–Trinajstić information content (AvgIpc) is 2.43. The molecule has 1 aliphatic rings. The first-order valence-electron chi connectivity index (χ1n) is 7.23. The lowest BCUT2D eigenvalue weighted by Gasteiger charge is -2.38. The number of para-hydroxylation sites is 1. The minimum atomic E-state index is -0.690. The number of guanidine groups is 2. The highest BCUT2D eigenvalue weighted by atomic mass is 16.7. The van der Waals surface area contributed by atoms with E-state index < -0.39 is 5.66 Å². The molecule has 1 atom stereocenters. The number of ether oxygens (including phenoxy) is 1. The first-order chi connectivity index (χ1) is 10.4. The fraction of sp³-hybridized carbons (Fsp3) is 0.467. The second kappa shape index (κ2) is 6.65. The second-order valence-electron chi connectivity index (χ2n) is 5.60. The molecule has 2 rings (SSSR count). The number of rotatable bonds is 6. The number of benzene rings is 1. The lowest BCUT2D eigenvalue weighted by Crippen LogP contribution is -2.54. The van der Waals surface area contributed by atoms with Crippen LogP contribution in [-0.4, -0.2) is 35.4 Å². The molecule has 1 heterocycles. The highest BCUT2D eigenvalue weighted by Crippen LogP contribution is 2.21. The molecule has 22 heavy (non-hydrogen) atoms. The van der Waals surface area contributed by atoms with Crippen molar-refractivity contribution in [1.29, 1.82) is 0 Å². The van der Waals surface area contributed by atoms with Crippen molar-refractivity contribution in [3.05, 3.63) is 30.3 Å². The van der Waals surface area contributed by atoms with Crippen molar-refractivity contribution in [2.24, 2.45) is 21.5 Å². The first-order valence-corrected chi connectivity index (χ1v) is 7.23. The van der Waals surface area contributed by atoms with E-state index in [9.17, 15) is 0 Å². The van der Waals surface area contributed by atoms with Crippen LogP contribution in [0.4, 0.5) is 0 Å². The third kappa shape index (κ3) is 4.11. The predicted molar refractivity (Wildman–Crippen MR) is 86.3 cm³/mol. The van der Waals surface area contributed by atoms with E-state index in [0.29, 0.717) is 13.0 Å². The minimum absolute atomic E-state index is 0.105. The second-order valence-corrected chi connectivity index (χ2v) is 5.60. The topological polar surface area (TPSA) is 98.5 Å². The van der Waals surface area contributed by atoms with E-state index in [2.05, 4.69) is 9.98 Å². The van der Waals surface area contributed by atoms with E-state index in [1.807, 2.05) is 51.1 Å². The summed E-state index contributed by atoms with van der Waals surface area (Å²) in [5.74, 6) is 1.20. The molecule has 1 aromatic rings. The van der Waals surface area contributed by atoms with E-state index in [4.69, 9.17) is 21.0 Å². The third-order valence-corrected chi connectivity index (χ3v) is 3.14. The van der Waals surface area contributed by atoms with Gasteiger partial charge in [0, 0.05) is 6.42 Å². The van der Waals surface area contributed by atoms with Gasteiger partial charge in [0.1, 0.15) is 5.75 Å². The van der Waals surface area contributed by atoms with E-state index >= 15 is 0 Å². The molecule has 1 aromatic carbocycles. The summed E-state index contributed by atoms with van der Waals surface area (Å²) in [5, 5.41) is 1.48. The van der Waals surface area contributed by atoms with Crippen LogP contribution in [0.1, 0.15) is 27.2 Å². The summed E-state index contributed by atoms with van der Waals surface area (Å²) in [5.41, 5.74) is 10.8. The number of nitrogens with two attached hydrogens (primary N) is 2. The van der Waals surface area contributed by atoms with Crippen molar-refractivity contribution in [2.45, 2.75) is 39.0 Å². The van der Waals surface area contributed by atoms with Gasteiger partial charge in [-0.1, -0.05) is 18.2 Å². The Hall–Kier alpha value is -2.28. The SMILES string of the molecule is C[C@@H](CCOc1ccccc1)ON1C(N)=NC(N)=NC1(C)C. The normalized spacial score (nSPS) is 18.4. The summed E-state index contributed by atoms with van der Waals surface area (Å²) >= 11 is 0. The Bertz CT molecular complexity index is 556. The zero-order valence-corrected chi connectivity index (χ0v) is 13.2. The highest BCUT2D eigenvalue weighted by molar-refractivity contribution is 5.95. The Morgan fingerprint density at radius 2 is 1.91 bits per heavy atom. The predicted octanol–water partition coefficient (Wildman–Crippen LogP) is 1.46. The molecule has 4 N–H and O–H groups in total. The van der Waals surface area contributed by atoms with Gasteiger partial charge in [-0.25, -0.2) is 4.99 Å². The number of aliphatic imine (C=N–C) groups is 2. The van der Waals surface area contributed by atoms with Crippen LogP contribution in [0, 0.1) is 0 Å². The van der Waals surface area contributed by atoms with E-state index in [-0.39, 0.29) is 18.0 Å². The van der Waals surface area contributed by atoms with Gasteiger partial charge in [-0.2, -0.15) is 10.1 Å². The maximum Gasteiger partial charge on any atom is 0.226 e. The van der Waals surface area contributed by atoms with Crippen LogP contribution in [0.15, 0.2) is 40.3 Å². The number of hydrogen-bond donors (Lipinski definition) is 2. The summed E-state index contributed by atoms with van der Waals surface area (Å²) in [6.07, 6.45) is 0.597. The molecule has 0 fully saturated rings. The Balaban J connectivity index is 1.84. The molecule has 0 unspecified atom stereocenters. The number of hydrogen-bond acceptors (Lipinski definition) is 7. The van der Waals surface area contributed by atoms with Gasteiger partial charge in [0.2, 0.25) is 11.9 Å². The van der Waals surface area contributed by atoms with Gasteiger partial charge < -0.3 is 16.2 Å². The van der Waals surface area contributed by atoms with Crippen LogP contribution < -0.4 is 16.2 Å². The molecule has 120 valence electrons. The fourth-order valence-corrected chi connectivity index (χ4v) is 2.07.